The molecule has 1 unspecified atom stereocenters. The van der Waals surface area contributed by atoms with Gasteiger partial charge in [0.2, 0.25) is 5.91 Å². The summed E-state index contributed by atoms with van der Waals surface area (Å²) in [6, 6.07) is 0.237. The van der Waals surface area contributed by atoms with Gasteiger partial charge < -0.3 is 10.6 Å². The van der Waals surface area contributed by atoms with E-state index in [0.717, 1.165) is 56.7 Å². The third-order valence-corrected chi connectivity index (χ3v) is 5.74. The van der Waals surface area contributed by atoms with Gasteiger partial charge in [-0.15, -0.1) is 0 Å². The van der Waals surface area contributed by atoms with Gasteiger partial charge in [0.05, 0.1) is 5.41 Å². The Morgan fingerprint density at radius 3 is 2.72 bits per heavy atom. The standard InChI is InChI=1S/C13H24N2O2S/c1-2-13(6-3-7-14-10-13)12(16)15-11-4-8-18(17)9-5-11/h11,14H,2-10H2,1H3,(H,15,16). The van der Waals surface area contributed by atoms with Gasteiger partial charge in [0.25, 0.3) is 0 Å². The van der Waals surface area contributed by atoms with Gasteiger partial charge in [0.15, 0.2) is 0 Å². The molecule has 0 aromatic rings. The molecule has 2 saturated heterocycles. The van der Waals surface area contributed by atoms with Gasteiger partial charge in [0, 0.05) is 34.9 Å². The molecule has 5 heteroatoms. The lowest BCUT2D eigenvalue weighted by molar-refractivity contribution is -0.133. The monoisotopic (exact) mass is 272 g/mol. The number of nitrogens with one attached hydrogen (secondary N) is 2. The summed E-state index contributed by atoms with van der Waals surface area (Å²) in [6.07, 6.45) is 4.69. The van der Waals surface area contributed by atoms with Crippen LogP contribution in [0.3, 0.4) is 0 Å². The van der Waals surface area contributed by atoms with Gasteiger partial charge in [-0.05, 0) is 38.6 Å². The maximum Gasteiger partial charge on any atom is 0.227 e. The summed E-state index contributed by atoms with van der Waals surface area (Å²) in [5.41, 5.74) is -0.213. The summed E-state index contributed by atoms with van der Waals surface area (Å²) in [7, 11) is -0.656. The molecule has 18 heavy (non-hydrogen) atoms. The first-order chi connectivity index (χ1) is 8.66. The van der Waals surface area contributed by atoms with E-state index in [1.54, 1.807) is 0 Å². The van der Waals surface area contributed by atoms with Crippen molar-refractivity contribution in [1.82, 2.24) is 10.6 Å². The molecule has 0 aromatic heterocycles. The van der Waals surface area contributed by atoms with Crippen LogP contribution in [-0.4, -0.2) is 40.8 Å². The number of amides is 1. The molecule has 0 spiro atoms. The zero-order valence-electron chi connectivity index (χ0n) is 11.2. The number of carbonyl (C=O) groups excluding carboxylic acids is 1. The van der Waals surface area contributed by atoms with Crippen LogP contribution >= 0.6 is 0 Å². The number of hydrogen-bond acceptors (Lipinski definition) is 3. The Balaban J connectivity index is 1.91. The average molecular weight is 272 g/mol. The van der Waals surface area contributed by atoms with Crippen LogP contribution in [0.1, 0.15) is 39.0 Å². The molecule has 2 aliphatic heterocycles. The van der Waals surface area contributed by atoms with Crippen LogP contribution in [0.15, 0.2) is 0 Å². The second kappa shape index (κ2) is 6.15. The summed E-state index contributed by atoms with van der Waals surface area (Å²) < 4.78 is 11.3. The summed E-state index contributed by atoms with van der Waals surface area (Å²) in [6.45, 7) is 3.92. The lowest BCUT2D eigenvalue weighted by atomic mass is 9.77. The minimum atomic E-state index is -0.656. The van der Waals surface area contributed by atoms with Crippen LogP contribution in [-0.2, 0) is 15.6 Å². The SMILES string of the molecule is CCC1(C(=O)NC2CCS(=O)CC2)CCCNC1. The molecule has 0 aliphatic carbocycles. The van der Waals surface area contributed by atoms with Crippen molar-refractivity contribution in [2.24, 2.45) is 5.41 Å². The Morgan fingerprint density at radius 1 is 1.44 bits per heavy atom. The highest BCUT2D eigenvalue weighted by Gasteiger charge is 2.38. The molecule has 0 saturated carbocycles. The van der Waals surface area contributed by atoms with E-state index in [4.69, 9.17) is 0 Å². The van der Waals surface area contributed by atoms with E-state index in [9.17, 15) is 9.00 Å². The highest BCUT2D eigenvalue weighted by molar-refractivity contribution is 7.85. The van der Waals surface area contributed by atoms with Crippen molar-refractivity contribution >= 4 is 16.7 Å². The smallest absolute Gasteiger partial charge is 0.227 e. The minimum Gasteiger partial charge on any atom is -0.353 e. The molecule has 2 heterocycles. The summed E-state index contributed by atoms with van der Waals surface area (Å²) >= 11 is 0. The summed E-state index contributed by atoms with van der Waals surface area (Å²) in [5.74, 6) is 1.68. The number of carbonyl (C=O) groups is 1. The molecular weight excluding hydrogens is 248 g/mol. The summed E-state index contributed by atoms with van der Waals surface area (Å²) in [4.78, 5) is 12.5. The van der Waals surface area contributed by atoms with E-state index in [-0.39, 0.29) is 17.4 Å². The quantitative estimate of drug-likeness (QED) is 0.799. The number of rotatable bonds is 3. The van der Waals surface area contributed by atoms with Gasteiger partial charge in [0.1, 0.15) is 0 Å². The Morgan fingerprint density at radius 2 is 2.17 bits per heavy atom. The molecule has 2 N–H and O–H groups in total. The third-order valence-electron chi connectivity index (χ3n) is 4.35. The first kappa shape index (κ1) is 14.0. The van der Waals surface area contributed by atoms with Crippen molar-refractivity contribution in [2.45, 2.75) is 45.1 Å². The first-order valence-electron chi connectivity index (χ1n) is 7.03. The van der Waals surface area contributed by atoms with Crippen molar-refractivity contribution in [2.75, 3.05) is 24.6 Å². The van der Waals surface area contributed by atoms with E-state index in [1.807, 2.05) is 0 Å². The zero-order chi connectivity index (χ0) is 13.0. The second-order valence-electron chi connectivity index (χ2n) is 5.51. The molecular formula is C13H24N2O2S. The lowest BCUT2D eigenvalue weighted by Gasteiger charge is -2.37. The van der Waals surface area contributed by atoms with Gasteiger partial charge in [-0.3, -0.25) is 9.00 Å². The Bertz CT molecular complexity index is 317. The largest absolute Gasteiger partial charge is 0.353 e. The average Bonchev–Trinajstić information content (AvgIpc) is 2.42. The van der Waals surface area contributed by atoms with E-state index < -0.39 is 10.8 Å². The lowest BCUT2D eigenvalue weighted by Crippen LogP contribution is -2.53. The van der Waals surface area contributed by atoms with Gasteiger partial charge in [-0.2, -0.15) is 0 Å². The van der Waals surface area contributed by atoms with Crippen molar-refractivity contribution in [3.8, 4) is 0 Å². The Hall–Kier alpha value is -0.420. The minimum absolute atomic E-state index is 0.204. The fraction of sp³-hybridized carbons (Fsp3) is 0.923. The van der Waals surface area contributed by atoms with Crippen LogP contribution in [0.2, 0.25) is 0 Å². The maximum absolute atomic E-state index is 12.5. The predicted octanol–water partition coefficient (Wildman–Crippen LogP) is 0.793. The Labute approximate surface area is 112 Å². The van der Waals surface area contributed by atoms with Crippen molar-refractivity contribution < 1.29 is 9.00 Å². The zero-order valence-corrected chi connectivity index (χ0v) is 12.0. The molecule has 1 amide bonds. The third kappa shape index (κ3) is 3.12. The van der Waals surface area contributed by atoms with Gasteiger partial charge in [-0.1, -0.05) is 6.92 Å². The second-order valence-corrected chi connectivity index (χ2v) is 7.21. The fourth-order valence-corrected chi connectivity index (χ4v) is 4.20. The van der Waals surface area contributed by atoms with Crippen LogP contribution in [0.5, 0.6) is 0 Å². The normalized spacial score (nSPS) is 37.2. The fourth-order valence-electron chi connectivity index (χ4n) is 2.90. The molecule has 2 aliphatic rings. The number of piperidine rings is 1. The predicted molar refractivity (Wildman–Crippen MR) is 73.9 cm³/mol. The molecule has 2 rings (SSSR count). The van der Waals surface area contributed by atoms with E-state index >= 15 is 0 Å². The van der Waals surface area contributed by atoms with Crippen LogP contribution < -0.4 is 10.6 Å². The van der Waals surface area contributed by atoms with Gasteiger partial charge >= 0.3 is 0 Å². The Kier molecular flexibility index (Phi) is 4.78. The molecule has 0 radical (unpaired) electrons. The highest BCUT2D eigenvalue weighted by atomic mass is 32.2. The molecule has 1 atom stereocenters. The van der Waals surface area contributed by atoms with Crippen molar-refractivity contribution in [1.29, 1.82) is 0 Å². The van der Waals surface area contributed by atoms with E-state index in [0.29, 0.717) is 0 Å². The van der Waals surface area contributed by atoms with Crippen LogP contribution in [0, 0.1) is 5.41 Å². The molecule has 104 valence electrons. The van der Waals surface area contributed by atoms with Crippen molar-refractivity contribution in [3.05, 3.63) is 0 Å². The topological polar surface area (TPSA) is 58.2 Å². The van der Waals surface area contributed by atoms with E-state index in [2.05, 4.69) is 17.6 Å². The molecule has 0 aromatic carbocycles. The van der Waals surface area contributed by atoms with E-state index in [1.165, 1.54) is 0 Å². The molecule has 0 bridgehead atoms. The number of hydrogen-bond donors (Lipinski definition) is 2. The maximum atomic E-state index is 12.5. The van der Waals surface area contributed by atoms with Crippen LogP contribution in [0.4, 0.5) is 0 Å². The molecule has 2 fully saturated rings. The highest BCUT2D eigenvalue weighted by Crippen LogP contribution is 2.30. The van der Waals surface area contributed by atoms with Crippen molar-refractivity contribution in [3.63, 3.8) is 0 Å². The van der Waals surface area contributed by atoms with Gasteiger partial charge in [-0.25, -0.2) is 0 Å². The molecule has 4 nitrogen and oxygen atoms in total. The van der Waals surface area contributed by atoms with Crippen LogP contribution in [0.25, 0.3) is 0 Å². The first-order valence-corrected chi connectivity index (χ1v) is 8.52. The summed E-state index contributed by atoms with van der Waals surface area (Å²) in [5, 5.41) is 6.53.